The van der Waals surface area contributed by atoms with E-state index in [1.54, 1.807) is 53.4 Å². The van der Waals surface area contributed by atoms with Gasteiger partial charge in [-0.3, -0.25) is 0 Å². The second-order valence-electron chi connectivity index (χ2n) is 5.25. The first-order chi connectivity index (χ1) is 12.5. The van der Waals surface area contributed by atoms with Gasteiger partial charge in [0.25, 0.3) is 0 Å². The number of carboxylic acid groups (broad SMARTS) is 1. The Morgan fingerprint density at radius 1 is 1.04 bits per heavy atom. The zero-order chi connectivity index (χ0) is 18.5. The minimum atomic E-state index is -2.91. The highest BCUT2D eigenvalue weighted by molar-refractivity contribution is 5.93. The number of hydrogen-bond donors (Lipinski definition) is 1. The second kappa shape index (κ2) is 7.53. The molecule has 3 rings (SSSR count). The molecule has 3 aromatic rings. The average Bonchev–Trinajstić information content (AvgIpc) is 3.13. The molecule has 0 saturated heterocycles. The van der Waals surface area contributed by atoms with Gasteiger partial charge in [0.15, 0.2) is 0 Å². The smallest absolute Gasteiger partial charge is 0.387 e. The Hall–Kier alpha value is -3.59. The fraction of sp³-hybridized carbons (Fsp3) is 0.0500. The Bertz CT molecular complexity index is 986. The first-order valence-electron chi connectivity index (χ1n) is 7.61. The van der Waals surface area contributed by atoms with E-state index < -0.39 is 12.6 Å². The summed E-state index contributed by atoms with van der Waals surface area (Å²) in [6.07, 6.45) is 3.45. The van der Waals surface area contributed by atoms with Crippen molar-refractivity contribution in [3.05, 3.63) is 83.7 Å². The summed E-state index contributed by atoms with van der Waals surface area (Å²) in [6.45, 7) is -2.91. The zero-order valence-electron chi connectivity index (χ0n) is 13.4. The van der Waals surface area contributed by atoms with Crippen LogP contribution in [-0.2, 0) is 0 Å². The number of rotatable bonds is 4. The number of hydrogen-bond acceptors (Lipinski definition) is 2. The van der Waals surface area contributed by atoms with E-state index in [0.717, 1.165) is 0 Å². The van der Waals surface area contributed by atoms with Crippen molar-refractivity contribution < 1.29 is 23.4 Å². The van der Waals surface area contributed by atoms with Gasteiger partial charge in [-0.1, -0.05) is 24.0 Å². The summed E-state index contributed by atoms with van der Waals surface area (Å²) in [7, 11) is 0. The van der Waals surface area contributed by atoms with Gasteiger partial charge >= 0.3 is 12.6 Å². The maximum absolute atomic E-state index is 12.3. The molecule has 0 saturated carbocycles. The summed E-state index contributed by atoms with van der Waals surface area (Å²) in [5.41, 5.74) is 1.53. The second-order valence-corrected chi connectivity index (χ2v) is 5.25. The predicted octanol–water partition coefficient (Wildman–Crippen LogP) is 4.18. The molecule has 0 aliphatic rings. The first kappa shape index (κ1) is 17.2. The van der Waals surface area contributed by atoms with Crippen molar-refractivity contribution in [2.45, 2.75) is 6.61 Å². The summed E-state index contributed by atoms with van der Waals surface area (Å²) in [5, 5.41) is 9.45. The van der Waals surface area contributed by atoms with Gasteiger partial charge < -0.3 is 14.4 Å². The third kappa shape index (κ3) is 3.90. The van der Waals surface area contributed by atoms with E-state index in [4.69, 9.17) is 0 Å². The molecule has 0 unspecified atom stereocenters. The van der Waals surface area contributed by atoms with Gasteiger partial charge in [-0.15, -0.1) is 0 Å². The topological polar surface area (TPSA) is 51.5 Å². The molecule has 6 heteroatoms. The molecule has 1 heterocycles. The van der Waals surface area contributed by atoms with Crippen molar-refractivity contribution >= 4 is 5.97 Å². The molecule has 0 aliphatic heterocycles. The fourth-order valence-electron chi connectivity index (χ4n) is 2.47. The molecule has 26 heavy (non-hydrogen) atoms. The molecule has 1 aromatic heterocycles. The highest BCUT2D eigenvalue weighted by Gasteiger charge is 2.14. The number of carbonyl (C=O) groups is 1. The van der Waals surface area contributed by atoms with Gasteiger partial charge in [-0.2, -0.15) is 8.78 Å². The van der Waals surface area contributed by atoms with Crippen LogP contribution in [0.25, 0.3) is 5.69 Å². The summed E-state index contributed by atoms with van der Waals surface area (Å²) >= 11 is 0. The van der Waals surface area contributed by atoms with E-state index in [1.807, 2.05) is 0 Å². The molecule has 4 nitrogen and oxygen atoms in total. The van der Waals surface area contributed by atoms with Crippen LogP contribution in [0.3, 0.4) is 0 Å². The van der Waals surface area contributed by atoms with E-state index in [9.17, 15) is 18.7 Å². The molecular formula is C20H13F2NO3. The molecule has 0 fully saturated rings. The lowest BCUT2D eigenvalue weighted by Crippen LogP contribution is -2.06. The Morgan fingerprint density at radius 3 is 2.46 bits per heavy atom. The minimum absolute atomic E-state index is 0.0109. The molecule has 0 bridgehead atoms. The first-order valence-corrected chi connectivity index (χ1v) is 7.61. The molecular weight excluding hydrogens is 340 g/mol. The number of alkyl halides is 2. The molecule has 0 atom stereocenters. The third-order valence-corrected chi connectivity index (χ3v) is 3.53. The van der Waals surface area contributed by atoms with Crippen LogP contribution in [0.15, 0.2) is 67.0 Å². The molecule has 130 valence electrons. The Labute approximate surface area is 148 Å². The third-order valence-electron chi connectivity index (χ3n) is 3.53. The lowest BCUT2D eigenvalue weighted by Gasteiger charge is -2.10. The van der Waals surface area contributed by atoms with Crippen molar-refractivity contribution in [3.63, 3.8) is 0 Å². The minimum Gasteiger partial charge on any atom is -0.478 e. The number of halogens is 2. The Kier molecular flexibility index (Phi) is 4.99. The number of para-hydroxylation sites is 1. The van der Waals surface area contributed by atoms with Crippen LogP contribution in [0, 0.1) is 11.8 Å². The molecule has 0 spiro atoms. The molecule has 2 aromatic carbocycles. The molecule has 0 aliphatic carbocycles. The van der Waals surface area contributed by atoms with Crippen LogP contribution < -0.4 is 4.74 Å². The number of ether oxygens (including phenoxy) is 1. The maximum Gasteiger partial charge on any atom is 0.387 e. The quantitative estimate of drug-likeness (QED) is 0.716. The molecule has 1 N–H and O–H groups in total. The predicted molar refractivity (Wildman–Crippen MR) is 91.8 cm³/mol. The van der Waals surface area contributed by atoms with Gasteiger partial charge in [-0.25, -0.2) is 4.79 Å². The highest BCUT2D eigenvalue weighted by atomic mass is 19.3. The standard InChI is InChI=1S/C20H13F2NO3/c21-20(22)26-16-7-3-5-14(13-16)9-10-15-6-4-8-17(19(24)25)18(15)23-11-1-2-12-23/h1-8,11-13,20H,(H,24,25). The van der Waals surface area contributed by atoms with Crippen molar-refractivity contribution in [2.24, 2.45) is 0 Å². The highest BCUT2D eigenvalue weighted by Crippen LogP contribution is 2.21. The number of aromatic nitrogens is 1. The average molecular weight is 353 g/mol. The number of carboxylic acids is 1. The van der Waals surface area contributed by atoms with Crippen molar-refractivity contribution in [2.75, 3.05) is 0 Å². The van der Waals surface area contributed by atoms with Crippen LogP contribution in [-0.4, -0.2) is 22.3 Å². The van der Waals surface area contributed by atoms with Gasteiger partial charge in [-0.05, 0) is 42.5 Å². The number of aromatic carboxylic acids is 1. The number of benzene rings is 2. The lowest BCUT2D eigenvalue weighted by atomic mass is 10.1. The van der Waals surface area contributed by atoms with E-state index in [-0.39, 0.29) is 11.3 Å². The summed E-state index contributed by atoms with van der Waals surface area (Å²) < 4.78 is 30.7. The monoisotopic (exact) mass is 353 g/mol. The number of nitrogens with zero attached hydrogens (tertiary/aromatic N) is 1. The lowest BCUT2D eigenvalue weighted by molar-refractivity contribution is -0.0498. The largest absolute Gasteiger partial charge is 0.478 e. The summed E-state index contributed by atoms with van der Waals surface area (Å²) in [4.78, 5) is 11.5. The van der Waals surface area contributed by atoms with E-state index in [1.165, 1.54) is 18.2 Å². The van der Waals surface area contributed by atoms with Gasteiger partial charge in [0.1, 0.15) is 5.75 Å². The van der Waals surface area contributed by atoms with E-state index in [0.29, 0.717) is 16.8 Å². The Balaban J connectivity index is 2.03. The van der Waals surface area contributed by atoms with Crippen LogP contribution in [0.1, 0.15) is 21.5 Å². The molecule has 0 radical (unpaired) electrons. The van der Waals surface area contributed by atoms with Crippen molar-refractivity contribution in [1.29, 1.82) is 0 Å². The normalized spacial score (nSPS) is 10.3. The SMILES string of the molecule is O=C(O)c1cccc(C#Cc2cccc(OC(F)F)c2)c1-n1cccc1. The van der Waals surface area contributed by atoms with Crippen LogP contribution in [0.5, 0.6) is 5.75 Å². The van der Waals surface area contributed by atoms with Gasteiger partial charge in [0, 0.05) is 23.5 Å². The van der Waals surface area contributed by atoms with Crippen molar-refractivity contribution in [1.82, 2.24) is 4.57 Å². The van der Waals surface area contributed by atoms with Crippen LogP contribution >= 0.6 is 0 Å². The fourth-order valence-corrected chi connectivity index (χ4v) is 2.47. The van der Waals surface area contributed by atoms with Crippen LogP contribution in [0.2, 0.25) is 0 Å². The van der Waals surface area contributed by atoms with Gasteiger partial charge in [0.2, 0.25) is 0 Å². The summed E-state index contributed by atoms with van der Waals surface area (Å²) in [6, 6.07) is 14.4. The van der Waals surface area contributed by atoms with E-state index >= 15 is 0 Å². The summed E-state index contributed by atoms with van der Waals surface area (Å²) in [5.74, 6) is 4.72. The van der Waals surface area contributed by atoms with E-state index in [2.05, 4.69) is 16.6 Å². The zero-order valence-corrected chi connectivity index (χ0v) is 13.4. The van der Waals surface area contributed by atoms with Crippen LogP contribution in [0.4, 0.5) is 8.78 Å². The molecule has 0 amide bonds. The van der Waals surface area contributed by atoms with Gasteiger partial charge in [0.05, 0.1) is 11.3 Å². The Morgan fingerprint density at radius 2 is 1.77 bits per heavy atom. The maximum atomic E-state index is 12.3. The van der Waals surface area contributed by atoms with Crippen molar-refractivity contribution in [3.8, 4) is 23.3 Å².